The van der Waals surface area contributed by atoms with Gasteiger partial charge in [0.1, 0.15) is 0 Å². The lowest BCUT2D eigenvalue weighted by atomic mass is 9.93. The highest BCUT2D eigenvalue weighted by molar-refractivity contribution is 5.92. The fourth-order valence-electron chi connectivity index (χ4n) is 2.43. The van der Waals surface area contributed by atoms with E-state index in [2.05, 4.69) is 31.0 Å². The summed E-state index contributed by atoms with van der Waals surface area (Å²) in [6, 6.07) is 7.78. The SMILES string of the molecule is Cc1cccc(C(=O)O/N=C2\C[C@H](C)N(C)C[C@H]2C)c1. The Morgan fingerprint density at radius 3 is 2.85 bits per heavy atom. The molecule has 0 saturated carbocycles. The summed E-state index contributed by atoms with van der Waals surface area (Å²) in [4.78, 5) is 19.4. The van der Waals surface area contributed by atoms with E-state index in [9.17, 15) is 4.79 Å². The molecular formula is C16H22N2O2. The molecule has 0 N–H and O–H groups in total. The van der Waals surface area contributed by atoms with Crippen molar-refractivity contribution in [2.45, 2.75) is 33.2 Å². The molecule has 1 fully saturated rings. The van der Waals surface area contributed by atoms with Gasteiger partial charge < -0.3 is 9.74 Å². The van der Waals surface area contributed by atoms with Crippen molar-refractivity contribution in [1.29, 1.82) is 0 Å². The number of carbonyl (C=O) groups is 1. The summed E-state index contributed by atoms with van der Waals surface area (Å²) in [7, 11) is 2.11. The predicted octanol–water partition coefficient (Wildman–Crippen LogP) is 2.87. The van der Waals surface area contributed by atoms with Crippen LogP contribution in [-0.2, 0) is 4.84 Å². The Balaban J connectivity index is 2.03. The largest absolute Gasteiger partial charge is 0.365 e. The first kappa shape index (κ1) is 14.7. The van der Waals surface area contributed by atoms with Crippen LogP contribution in [0.15, 0.2) is 29.4 Å². The molecule has 4 nitrogen and oxygen atoms in total. The third kappa shape index (κ3) is 3.45. The van der Waals surface area contributed by atoms with Gasteiger partial charge in [0.15, 0.2) is 0 Å². The van der Waals surface area contributed by atoms with E-state index in [0.717, 1.165) is 24.2 Å². The van der Waals surface area contributed by atoms with Crippen LogP contribution in [0.5, 0.6) is 0 Å². The van der Waals surface area contributed by atoms with Gasteiger partial charge in [-0.15, -0.1) is 0 Å². The molecule has 1 heterocycles. The number of rotatable bonds is 2. The molecule has 2 atom stereocenters. The predicted molar refractivity (Wildman–Crippen MR) is 79.9 cm³/mol. The number of hydrogen-bond acceptors (Lipinski definition) is 4. The summed E-state index contributed by atoms with van der Waals surface area (Å²) < 4.78 is 0. The fourth-order valence-corrected chi connectivity index (χ4v) is 2.43. The van der Waals surface area contributed by atoms with Crippen molar-refractivity contribution < 1.29 is 9.63 Å². The smallest absolute Gasteiger partial charge is 0.313 e. The maximum absolute atomic E-state index is 12.0. The first-order chi connectivity index (χ1) is 9.47. The van der Waals surface area contributed by atoms with E-state index in [0.29, 0.717) is 17.5 Å². The summed E-state index contributed by atoms with van der Waals surface area (Å²) in [6.45, 7) is 7.16. The number of aryl methyl sites for hydroxylation is 1. The standard InChI is InChI=1S/C16H22N2O2/c1-11-6-5-7-14(8-11)16(19)20-17-15-9-13(3)18(4)10-12(15)2/h5-8,12-13H,9-10H2,1-4H3/b17-15+/t12-,13+/m1/s1. The normalized spacial score (nSPS) is 25.7. The quantitative estimate of drug-likeness (QED) is 0.615. The van der Waals surface area contributed by atoms with Gasteiger partial charge in [0.2, 0.25) is 0 Å². The second kappa shape index (κ2) is 6.18. The maximum atomic E-state index is 12.0. The Bertz CT molecular complexity index is 525. The maximum Gasteiger partial charge on any atom is 0.365 e. The number of likely N-dealkylation sites (tertiary alicyclic amines) is 1. The summed E-state index contributed by atoms with van der Waals surface area (Å²) in [5.74, 6) is -0.0681. The van der Waals surface area contributed by atoms with E-state index in [-0.39, 0.29) is 5.97 Å². The van der Waals surface area contributed by atoms with Crippen molar-refractivity contribution in [2.75, 3.05) is 13.6 Å². The lowest BCUT2D eigenvalue weighted by molar-refractivity contribution is 0.0508. The van der Waals surface area contributed by atoms with Crippen LogP contribution < -0.4 is 0 Å². The molecule has 108 valence electrons. The number of carbonyl (C=O) groups excluding carboxylic acids is 1. The van der Waals surface area contributed by atoms with Crippen LogP contribution in [0.1, 0.15) is 36.2 Å². The molecule has 0 radical (unpaired) electrons. The zero-order chi connectivity index (χ0) is 14.7. The van der Waals surface area contributed by atoms with Gasteiger partial charge in [-0.3, -0.25) is 0 Å². The van der Waals surface area contributed by atoms with Gasteiger partial charge in [-0.1, -0.05) is 29.8 Å². The molecule has 0 aromatic heterocycles. The zero-order valence-corrected chi connectivity index (χ0v) is 12.6. The summed E-state index contributed by atoms with van der Waals surface area (Å²) >= 11 is 0. The summed E-state index contributed by atoms with van der Waals surface area (Å²) in [6.07, 6.45) is 0.846. The van der Waals surface area contributed by atoms with Gasteiger partial charge >= 0.3 is 5.97 Å². The molecule has 1 aliphatic rings. The minimum absolute atomic E-state index is 0.321. The highest BCUT2D eigenvalue weighted by Crippen LogP contribution is 2.18. The van der Waals surface area contributed by atoms with Gasteiger partial charge in [0.25, 0.3) is 0 Å². The molecule has 4 heteroatoms. The molecule has 1 aromatic rings. The van der Waals surface area contributed by atoms with Gasteiger partial charge in [0, 0.05) is 24.9 Å². The van der Waals surface area contributed by atoms with Crippen molar-refractivity contribution >= 4 is 11.7 Å². The molecule has 1 aliphatic heterocycles. The summed E-state index contributed by atoms with van der Waals surface area (Å²) in [5, 5.41) is 4.10. The average molecular weight is 274 g/mol. The van der Waals surface area contributed by atoms with Crippen molar-refractivity contribution in [2.24, 2.45) is 11.1 Å². The van der Waals surface area contributed by atoms with Crippen LogP contribution >= 0.6 is 0 Å². The van der Waals surface area contributed by atoms with Crippen LogP contribution in [0.4, 0.5) is 0 Å². The Morgan fingerprint density at radius 2 is 2.15 bits per heavy atom. The minimum Gasteiger partial charge on any atom is -0.313 e. The van der Waals surface area contributed by atoms with E-state index >= 15 is 0 Å². The number of piperidine rings is 1. The highest BCUT2D eigenvalue weighted by atomic mass is 16.7. The van der Waals surface area contributed by atoms with Crippen LogP contribution in [0.2, 0.25) is 0 Å². The van der Waals surface area contributed by atoms with Gasteiger partial charge in [-0.25, -0.2) is 4.79 Å². The number of benzene rings is 1. The lowest BCUT2D eigenvalue weighted by Crippen LogP contribution is -2.43. The molecule has 2 rings (SSSR count). The Hall–Kier alpha value is -1.68. The Kier molecular flexibility index (Phi) is 4.55. The fraction of sp³-hybridized carbons (Fsp3) is 0.500. The lowest BCUT2D eigenvalue weighted by Gasteiger charge is -2.34. The third-order valence-corrected chi connectivity index (χ3v) is 3.89. The third-order valence-electron chi connectivity index (χ3n) is 3.89. The van der Waals surface area contributed by atoms with Crippen LogP contribution in [0, 0.1) is 12.8 Å². The van der Waals surface area contributed by atoms with E-state index in [1.165, 1.54) is 0 Å². The number of hydrogen-bond donors (Lipinski definition) is 0. The second-order valence-corrected chi connectivity index (χ2v) is 5.72. The molecule has 0 spiro atoms. The monoisotopic (exact) mass is 274 g/mol. The van der Waals surface area contributed by atoms with Crippen molar-refractivity contribution in [3.05, 3.63) is 35.4 Å². The first-order valence-electron chi connectivity index (χ1n) is 7.02. The van der Waals surface area contributed by atoms with E-state index in [1.54, 1.807) is 6.07 Å². The van der Waals surface area contributed by atoms with Crippen molar-refractivity contribution in [3.63, 3.8) is 0 Å². The van der Waals surface area contributed by atoms with E-state index < -0.39 is 0 Å². The molecule has 0 aliphatic carbocycles. The minimum atomic E-state index is -0.389. The van der Waals surface area contributed by atoms with Gasteiger partial charge in [-0.05, 0) is 33.0 Å². The van der Waals surface area contributed by atoms with Gasteiger partial charge in [-0.2, -0.15) is 0 Å². The molecule has 0 amide bonds. The molecule has 1 aromatic carbocycles. The second-order valence-electron chi connectivity index (χ2n) is 5.72. The van der Waals surface area contributed by atoms with Crippen LogP contribution in [0.3, 0.4) is 0 Å². The Morgan fingerprint density at radius 1 is 1.40 bits per heavy atom. The molecule has 1 saturated heterocycles. The molecule has 0 unspecified atom stereocenters. The average Bonchev–Trinajstić information content (AvgIpc) is 2.41. The molecule has 20 heavy (non-hydrogen) atoms. The topological polar surface area (TPSA) is 41.9 Å². The number of nitrogens with zero attached hydrogens (tertiary/aromatic N) is 2. The Labute approximate surface area is 120 Å². The van der Waals surface area contributed by atoms with Crippen LogP contribution in [0.25, 0.3) is 0 Å². The van der Waals surface area contributed by atoms with E-state index in [4.69, 9.17) is 4.84 Å². The van der Waals surface area contributed by atoms with Crippen LogP contribution in [-0.4, -0.2) is 36.2 Å². The van der Waals surface area contributed by atoms with Crippen molar-refractivity contribution in [1.82, 2.24) is 4.90 Å². The first-order valence-corrected chi connectivity index (χ1v) is 7.02. The van der Waals surface area contributed by atoms with E-state index in [1.807, 2.05) is 25.1 Å². The molecular weight excluding hydrogens is 252 g/mol. The zero-order valence-electron chi connectivity index (χ0n) is 12.6. The van der Waals surface area contributed by atoms with Crippen molar-refractivity contribution in [3.8, 4) is 0 Å². The molecule has 0 bridgehead atoms. The number of oxime groups is 1. The van der Waals surface area contributed by atoms with Gasteiger partial charge in [0.05, 0.1) is 11.3 Å². The summed E-state index contributed by atoms with van der Waals surface area (Å²) in [5.41, 5.74) is 2.55. The highest BCUT2D eigenvalue weighted by Gasteiger charge is 2.26.